The maximum absolute atomic E-state index is 6.30. The molecule has 1 aromatic heterocycles. The van der Waals surface area contributed by atoms with E-state index in [1.807, 2.05) is 24.3 Å². The highest BCUT2D eigenvalue weighted by molar-refractivity contribution is 14.1. The van der Waals surface area contributed by atoms with E-state index in [0.717, 1.165) is 33.7 Å². The zero-order valence-corrected chi connectivity index (χ0v) is 14.8. The van der Waals surface area contributed by atoms with Crippen LogP contribution < -0.4 is 5.32 Å². The van der Waals surface area contributed by atoms with Crippen molar-refractivity contribution in [3.8, 4) is 11.4 Å². The van der Waals surface area contributed by atoms with Crippen LogP contribution in [-0.2, 0) is 0 Å². The Labute approximate surface area is 143 Å². The fourth-order valence-electron chi connectivity index (χ4n) is 2.22. The highest BCUT2D eigenvalue weighted by Crippen LogP contribution is 2.43. The lowest BCUT2D eigenvalue weighted by Crippen LogP contribution is -2.09. The van der Waals surface area contributed by atoms with Crippen LogP contribution in [0.3, 0.4) is 0 Å². The maximum Gasteiger partial charge on any atom is 0.163 e. The molecule has 0 atom stereocenters. The quantitative estimate of drug-likeness (QED) is 0.693. The smallest absolute Gasteiger partial charge is 0.163 e. The number of nitrogens with zero attached hydrogens (tertiary/aromatic N) is 2. The predicted molar refractivity (Wildman–Crippen MR) is 96.0 cm³/mol. The Bertz CT molecular complexity index is 656. The molecule has 1 saturated carbocycles. The Morgan fingerprint density at radius 1 is 1.29 bits per heavy atom. The van der Waals surface area contributed by atoms with Crippen LogP contribution in [0.2, 0.25) is 5.02 Å². The minimum absolute atomic E-state index is 0.586. The third kappa shape index (κ3) is 3.31. The molecule has 1 fully saturated rings. The van der Waals surface area contributed by atoms with Crippen LogP contribution in [0.15, 0.2) is 24.3 Å². The van der Waals surface area contributed by atoms with E-state index in [2.05, 4.69) is 34.8 Å². The molecule has 3 nitrogen and oxygen atoms in total. The van der Waals surface area contributed by atoms with E-state index >= 15 is 0 Å². The van der Waals surface area contributed by atoms with Crippen molar-refractivity contribution >= 4 is 40.0 Å². The number of nitrogens with one attached hydrogen (secondary N) is 1. The second-order valence-electron chi connectivity index (χ2n) is 5.28. The van der Waals surface area contributed by atoms with Gasteiger partial charge in [-0.1, -0.05) is 30.7 Å². The zero-order valence-electron chi connectivity index (χ0n) is 11.9. The molecule has 0 saturated heterocycles. The van der Waals surface area contributed by atoms with Crippen molar-refractivity contribution in [1.82, 2.24) is 9.97 Å². The molecule has 1 N–H and O–H groups in total. The minimum Gasteiger partial charge on any atom is -0.369 e. The number of rotatable bonds is 5. The van der Waals surface area contributed by atoms with Gasteiger partial charge in [-0.15, -0.1) is 0 Å². The van der Waals surface area contributed by atoms with E-state index in [4.69, 9.17) is 21.6 Å². The lowest BCUT2D eigenvalue weighted by atomic mass is 10.2. The van der Waals surface area contributed by atoms with Gasteiger partial charge in [0.15, 0.2) is 5.82 Å². The largest absolute Gasteiger partial charge is 0.369 e. The van der Waals surface area contributed by atoms with Gasteiger partial charge in [0.1, 0.15) is 5.82 Å². The molecule has 5 heteroatoms. The number of benzene rings is 1. The molecule has 1 aliphatic rings. The molecule has 0 radical (unpaired) electrons. The van der Waals surface area contributed by atoms with E-state index in [-0.39, 0.29) is 0 Å². The summed E-state index contributed by atoms with van der Waals surface area (Å²) in [5.74, 6) is 2.24. The average molecular weight is 414 g/mol. The number of hydrogen-bond donors (Lipinski definition) is 1. The van der Waals surface area contributed by atoms with Gasteiger partial charge in [-0.25, -0.2) is 9.97 Å². The van der Waals surface area contributed by atoms with Crippen molar-refractivity contribution in [2.45, 2.75) is 32.1 Å². The number of hydrogen-bond acceptors (Lipinski definition) is 3. The van der Waals surface area contributed by atoms with Crippen molar-refractivity contribution in [1.29, 1.82) is 0 Å². The van der Waals surface area contributed by atoms with Crippen molar-refractivity contribution in [3.05, 3.63) is 38.6 Å². The molecule has 0 bridgehead atoms. The normalized spacial score (nSPS) is 14.2. The summed E-state index contributed by atoms with van der Waals surface area (Å²) in [6.45, 7) is 3.07. The summed E-state index contributed by atoms with van der Waals surface area (Å²) < 4.78 is 1.15. The Hall–Kier alpha value is -0.880. The van der Waals surface area contributed by atoms with Crippen molar-refractivity contribution in [2.24, 2.45) is 0 Å². The van der Waals surface area contributed by atoms with Crippen LogP contribution in [0.1, 0.15) is 37.8 Å². The van der Waals surface area contributed by atoms with Gasteiger partial charge in [-0.2, -0.15) is 0 Å². The molecule has 3 rings (SSSR count). The van der Waals surface area contributed by atoms with Gasteiger partial charge in [-0.3, -0.25) is 0 Å². The zero-order chi connectivity index (χ0) is 14.8. The predicted octanol–water partition coefficient (Wildman–Crippen LogP) is 5.10. The lowest BCUT2D eigenvalue weighted by molar-refractivity contribution is 0.939. The molecule has 21 heavy (non-hydrogen) atoms. The number of aromatic nitrogens is 2. The van der Waals surface area contributed by atoms with Crippen molar-refractivity contribution in [3.63, 3.8) is 0 Å². The monoisotopic (exact) mass is 413 g/mol. The first-order chi connectivity index (χ1) is 10.2. The Morgan fingerprint density at radius 3 is 2.71 bits per heavy atom. The molecular weight excluding hydrogens is 397 g/mol. The van der Waals surface area contributed by atoms with Crippen LogP contribution in [0.4, 0.5) is 5.82 Å². The van der Waals surface area contributed by atoms with Gasteiger partial charge in [0.2, 0.25) is 0 Å². The minimum atomic E-state index is 0.586. The van der Waals surface area contributed by atoms with Gasteiger partial charge >= 0.3 is 0 Å². The summed E-state index contributed by atoms with van der Waals surface area (Å²) in [4.78, 5) is 9.49. The first kappa shape index (κ1) is 15.0. The van der Waals surface area contributed by atoms with Crippen LogP contribution in [-0.4, -0.2) is 16.5 Å². The molecule has 110 valence electrons. The van der Waals surface area contributed by atoms with Crippen LogP contribution >= 0.6 is 34.2 Å². The highest BCUT2D eigenvalue weighted by Gasteiger charge is 2.29. The SMILES string of the molecule is CCCNc1nc(-c2ccccc2Cl)nc(C2CC2)c1I. The molecular formula is C16H17ClIN3. The second-order valence-corrected chi connectivity index (χ2v) is 6.76. The van der Waals surface area contributed by atoms with Gasteiger partial charge in [0, 0.05) is 18.0 Å². The molecule has 0 amide bonds. The van der Waals surface area contributed by atoms with Crippen LogP contribution in [0.25, 0.3) is 11.4 Å². The van der Waals surface area contributed by atoms with Gasteiger partial charge in [0.05, 0.1) is 14.3 Å². The fraction of sp³-hybridized carbons (Fsp3) is 0.375. The van der Waals surface area contributed by atoms with E-state index < -0.39 is 0 Å². The topological polar surface area (TPSA) is 37.8 Å². The van der Waals surface area contributed by atoms with E-state index in [1.54, 1.807) is 0 Å². The van der Waals surface area contributed by atoms with Crippen molar-refractivity contribution in [2.75, 3.05) is 11.9 Å². The number of halogens is 2. The second kappa shape index (κ2) is 6.48. The number of anilines is 1. The van der Waals surface area contributed by atoms with Gasteiger partial charge in [0.25, 0.3) is 0 Å². The molecule has 0 spiro atoms. The molecule has 2 aromatic rings. The summed E-state index contributed by atoms with van der Waals surface area (Å²) in [7, 11) is 0. The van der Waals surface area contributed by atoms with Gasteiger partial charge in [-0.05, 0) is 54.0 Å². The van der Waals surface area contributed by atoms with Gasteiger partial charge < -0.3 is 5.32 Å². The van der Waals surface area contributed by atoms with Crippen LogP contribution in [0.5, 0.6) is 0 Å². The third-order valence-corrected chi connectivity index (χ3v) is 4.89. The molecule has 0 unspecified atom stereocenters. The van der Waals surface area contributed by atoms with E-state index in [9.17, 15) is 0 Å². The molecule has 1 aromatic carbocycles. The third-order valence-electron chi connectivity index (χ3n) is 3.50. The first-order valence-corrected chi connectivity index (χ1v) is 8.72. The average Bonchev–Trinajstić information content (AvgIpc) is 3.31. The standard InChI is InChI=1S/C16H17ClIN3/c1-2-9-19-16-13(18)14(10-7-8-10)20-15(21-16)11-5-3-4-6-12(11)17/h3-6,10H,2,7-9H2,1H3,(H,19,20,21). The lowest BCUT2D eigenvalue weighted by Gasteiger charge is -2.13. The molecule has 0 aliphatic heterocycles. The van der Waals surface area contributed by atoms with Crippen molar-refractivity contribution < 1.29 is 0 Å². The Balaban J connectivity index is 2.08. The fourth-order valence-corrected chi connectivity index (χ4v) is 3.31. The Morgan fingerprint density at radius 2 is 2.05 bits per heavy atom. The summed E-state index contributed by atoms with van der Waals surface area (Å²) in [6.07, 6.45) is 3.52. The maximum atomic E-state index is 6.30. The van der Waals surface area contributed by atoms with E-state index in [1.165, 1.54) is 18.5 Å². The molecule has 1 aliphatic carbocycles. The summed E-state index contributed by atoms with van der Waals surface area (Å²) in [6, 6.07) is 7.76. The Kier molecular flexibility index (Phi) is 4.64. The first-order valence-electron chi connectivity index (χ1n) is 7.27. The van der Waals surface area contributed by atoms with E-state index in [0.29, 0.717) is 10.9 Å². The van der Waals surface area contributed by atoms with Crippen LogP contribution in [0, 0.1) is 3.57 Å². The molecule has 1 heterocycles. The summed E-state index contributed by atoms with van der Waals surface area (Å²) in [5, 5.41) is 4.11. The summed E-state index contributed by atoms with van der Waals surface area (Å²) >= 11 is 8.66. The highest BCUT2D eigenvalue weighted by atomic mass is 127. The summed E-state index contributed by atoms with van der Waals surface area (Å²) in [5.41, 5.74) is 2.07.